The lowest BCUT2D eigenvalue weighted by molar-refractivity contribution is -0.109. The Kier molecular flexibility index (Phi) is 19.8. The van der Waals surface area contributed by atoms with Crippen molar-refractivity contribution in [1.82, 2.24) is 0 Å². The Morgan fingerprint density at radius 3 is 1.32 bits per heavy atom. The molecule has 0 bridgehead atoms. The first-order valence-electron chi connectivity index (χ1n) is 26.6. The molecule has 6 aliphatic carbocycles. The summed E-state index contributed by atoms with van der Waals surface area (Å²) >= 11 is 4.64. The Morgan fingerprint density at radius 2 is 1.00 bits per heavy atom. The molecule has 6 fully saturated rings. The van der Waals surface area contributed by atoms with Gasteiger partial charge in [-0.3, -0.25) is 4.79 Å². The molecule has 6 aliphatic rings. The summed E-state index contributed by atoms with van der Waals surface area (Å²) in [4.78, 5) is 9.21. The second-order valence-corrected chi connectivity index (χ2v) is 26.3. The lowest BCUT2D eigenvalue weighted by Gasteiger charge is -2.44. The summed E-state index contributed by atoms with van der Waals surface area (Å²) < 4.78 is 0. The highest BCUT2D eigenvalue weighted by Crippen LogP contribution is 2.61. The molecule has 0 radical (unpaired) electrons. The van der Waals surface area contributed by atoms with Gasteiger partial charge in [-0.1, -0.05) is 130 Å². The number of allylic oxidation sites excluding steroid dienone is 8. The number of hydrogen-bond donors (Lipinski definition) is 4. The molecule has 0 aromatic heterocycles. The lowest BCUT2D eigenvalue weighted by atomic mass is 9.60. The van der Waals surface area contributed by atoms with Crippen molar-refractivity contribution in [2.75, 3.05) is 0 Å². The van der Waals surface area contributed by atoms with Gasteiger partial charge in [-0.05, 0) is 221 Å². The normalized spacial score (nSPS) is 35.4. The maximum absolute atomic E-state index is 10.4. The van der Waals surface area contributed by atoms with Gasteiger partial charge >= 0.3 is 0 Å². The number of aliphatic hydroxyl groups is 4. The minimum absolute atomic E-state index is 0.0138. The van der Waals surface area contributed by atoms with Crippen molar-refractivity contribution >= 4 is 16.8 Å². The van der Waals surface area contributed by atoms with E-state index in [2.05, 4.69) is 104 Å². The van der Waals surface area contributed by atoms with Crippen LogP contribution in [0.25, 0.3) is 0 Å². The summed E-state index contributed by atoms with van der Waals surface area (Å²) in [5.41, 5.74) is 7.91. The van der Waals surface area contributed by atoms with Crippen LogP contribution in [0.4, 0.5) is 0 Å². The topological polar surface area (TPSA) is 98.0 Å². The third-order valence-corrected chi connectivity index (χ3v) is 18.2. The van der Waals surface area contributed by atoms with Crippen LogP contribution < -0.4 is 0 Å². The van der Waals surface area contributed by atoms with Crippen molar-refractivity contribution in [1.29, 1.82) is 0 Å². The van der Waals surface area contributed by atoms with Crippen molar-refractivity contribution in [2.24, 2.45) is 57.2 Å². The average Bonchev–Trinajstić information content (AvgIpc) is 3.72. The molecule has 6 heteroatoms. The van der Waals surface area contributed by atoms with E-state index in [0.29, 0.717) is 22.7 Å². The quantitative estimate of drug-likeness (QED) is 0.146. The summed E-state index contributed by atoms with van der Waals surface area (Å²) in [6.07, 6.45) is 31.6. The van der Waals surface area contributed by atoms with Gasteiger partial charge < -0.3 is 20.4 Å². The molecule has 0 unspecified atom stereocenters. The Balaban J connectivity index is 0.000000267. The van der Waals surface area contributed by atoms with E-state index in [9.17, 15) is 25.2 Å². The van der Waals surface area contributed by atoms with Crippen molar-refractivity contribution in [3.8, 4) is 0 Å². The smallest absolute Gasteiger partial charge is 0.218 e. The maximum atomic E-state index is 10.4. The highest BCUT2D eigenvalue weighted by Gasteiger charge is 2.52. The molecular weight excluding hydrogens is 836 g/mol. The van der Waals surface area contributed by atoms with Crippen LogP contribution in [0.3, 0.4) is 0 Å². The van der Waals surface area contributed by atoms with E-state index in [1.54, 1.807) is 11.1 Å². The van der Waals surface area contributed by atoms with Crippen LogP contribution in [-0.4, -0.2) is 49.1 Å². The number of carbonyl (C=O) groups excluding carboxylic acids is 1. The van der Waals surface area contributed by atoms with E-state index in [-0.39, 0.29) is 28.3 Å². The van der Waals surface area contributed by atoms with Gasteiger partial charge in [-0.25, -0.2) is 0 Å². The first kappa shape index (κ1) is 56.8. The van der Waals surface area contributed by atoms with Crippen molar-refractivity contribution in [2.45, 2.75) is 242 Å². The minimum Gasteiger partial charge on any atom is -0.393 e. The Hall–Kier alpha value is -1.76. The van der Waals surface area contributed by atoms with Gasteiger partial charge in [-0.2, -0.15) is 0 Å². The number of halogens is 1. The third kappa shape index (κ3) is 15.1. The number of fused-ring (bicyclic) bond motifs is 2. The zero-order valence-corrected chi connectivity index (χ0v) is 45.3. The summed E-state index contributed by atoms with van der Waals surface area (Å²) in [6.45, 7) is 36.6. The van der Waals surface area contributed by atoms with Crippen molar-refractivity contribution in [3.05, 3.63) is 70.9 Å². The van der Waals surface area contributed by atoms with Crippen molar-refractivity contribution < 1.29 is 25.2 Å². The van der Waals surface area contributed by atoms with Gasteiger partial charge in [0.25, 0.3) is 0 Å². The molecule has 0 aromatic carbocycles. The fourth-order valence-electron chi connectivity index (χ4n) is 14.5. The molecule has 0 spiro atoms. The molecule has 0 amide bonds. The Labute approximate surface area is 410 Å². The van der Waals surface area contributed by atoms with Crippen LogP contribution in [0.15, 0.2) is 70.9 Å². The monoisotopic (exact) mass is 935 g/mol. The molecule has 0 aliphatic heterocycles. The summed E-state index contributed by atoms with van der Waals surface area (Å²) in [7, 11) is 0. The van der Waals surface area contributed by atoms with E-state index in [1.165, 1.54) is 106 Å². The standard InChI is InChI=1S/2C29H48O2.C2H3ClO/c2*1-20(10-8-16-28(5,6)31)25-14-15-26-22(11-9-17-29(25,26)7)12-13-23-18-24(30)19-27(3,4)21(23)2;1-2(3)4/h2*12-13,20,24-26,30-31H,2,8-11,14-19H2,1,3-7H3;1H3/b2*22-12+,23-13-;/t2*20-,24-,25-,26+,29-;/m11./s1. The van der Waals surface area contributed by atoms with Crippen LogP contribution in [0.5, 0.6) is 0 Å². The number of rotatable bonds is 12. The summed E-state index contributed by atoms with van der Waals surface area (Å²) in [5.74, 6) is 4.44. The van der Waals surface area contributed by atoms with Gasteiger partial charge in [0.2, 0.25) is 5.24 Å². The van der Waals surface area contributed by atoms with Crippen LogP contribution in [0.2, 0.25) is 0 Å². The molecule has 5 nitrogen and oxygen atoms in total. The van der Waals surface area contributed by atoms with Gasteiger partial charge in [0.05, 0.1) is 23.4 Å². The highest BCUT2D eigenvalue weighted by atomic mass is 35.5. The molecular formula is C60H99ClO5. The lowest BCUT2D eigenvalue weighted by Crippen LogP contribution is -2.36. The molecule has 0 saturated heterocycles. The molecule has 6 rings (SSSR count). The molecule has 6 saturated carbocycles. The fraction of sp³-hybridized carbons (Fsp3) is 0.783. The number of carbonyl (C=O) groups is 1. The number of hydrogen-bond acceptors (Lipinski definition) is 5. The highest BCUT2D eigenvalue weighted by molar-refractivity contribution is 6.62. The first-order chi connectivity index (χ1) is 30.4. The second-order valence-electron chi connectivity index (χ2n) is 25.7. The molecule has 0 aromatic rings. The van der Waals surface area contributed by atoms with Gasteiger partial charge in [0, 0.05) is 6.92 Å². The van der Waals surface area contributed by atoms with Crippen LogP contribution in [-0.2, 0) is 4.79 Å². The fourth-order valence-corrected chi connectivity index (χ4v) is 14.5. The third-order valence-electron chi connectivity index (χ3n) is 18.2. The first-order valence-corrected chi connectivity index (χ1v) is 26.9. The molecule has 0 heterocycles. The molecule has 4 N–H and O–H groups in total. The maximum Gasteiger partial charge on any atom is 0.218 e. The van der Waals surface area contributed by atoms with E-state index < -0.39 is 11.2 Å². The van der Waals surface area contributed by atoms with Crippen LogP contribution in [0, 0.1) is 57.2 Å². The van der Waals surface area contributed by atoms with Crippen molar-refractivity contribution in [3.63, 3.8) is 0 Å². The summed E-state index contributed by atoms with van der Waals surface area (Å²) in [5, 5.41) is 40.5. The van der Waals surface area contributed by atoms with E-state index >= 15 is 0 Å². The average molecular weight is 936 g/mol. The molecule has 376 valence electrons. The van der Waals surface area contributed by atoms with Crippen LogP contribution in [0.1, 0.15) is 218 Å². The molecule has 10 atom stereocenters. The van der Waals surface area contributed by atoms with Gasteiger partial charge in [0.1, 0.15) is 0 Å². The SMILES string of the molecule is C=C1/C(=C\C=C2/CCC[C@]3(C)[C@@H]([C@H](C)CCCC(C)(C)O)CC[C@@H]23)C[C@@H](O)CC1(C)C.C=C1/C(=C\C=C2/CCC[C@]3(C)[C@@H]([C@H](C)CCCC(C)(C)O)CC[C@@H]23)C[C@@H](O)CC1(C)C.CC(=O)Cl. The van der Waals surface area contributed by atoms with Gasteiger partial charge in [0.15, 0.2) is 0 Å². The zero-order chi connectivity index (χ0) is 49.6. The van der Waals surface area contributed by atoms with Gasteiger partial charge in [-0.15, -0.1) is 0 Å². The Bertz CT molecular complexity index is 1670. The van der Waals surface area contributed by atoms with E-state index in [1.807, 2.05) is 27.7 Å². The summed E-state index contributed by atoms with van der Waals surface area (Å²) in [6, 6.07) is 0. The van der Waals surface area contributed by atoms with Crippen LogP contribution >= 0.6 is 11.6 Å². The largest absolute Gasteiger partial charge is 0.393 e. The molecule has 66 heavy (non-hydrogen) atoms. The second kappa shape index (κ2) is 23.0. The van der Waals surface area contributed by atoms with E-state index in [0.717, 1.165) is 75.0 Å². The van der Waals surface area contributed by atoms with E-state index in [4.69, 9.17) is 0 Å². The zero-order valence-electron chi connectivity index (χ0n) is 44.6. The number of aliphatic hydroxyl groups excluding tert-OH is 2. The predicted octanol–water partition coefficient (Wildman–Crippen LogP) is 15.5. The predicted molar refractivity (Wildman–Crippen MR) is 280 cm³/mol. The Morgan fingerprint density at radius 1 is 0.667 bits per heavy atom. The minimum atomic E-state index is -0.540.